The number of carbonyl (C=O) groups excluding carboxylic acids is 1. The molecule has 0 aliphatic heterocycles. The summed E-state index contributed by atoms with van der Waals surface area (Å²) < 4.78 is 0. The maximum atomic E-state index is 10.7. The van der Waals surface area contributed by atoms with Gasteiger partial charge in [-0.25, -0.2) is 0 Å². The molecule has 0 spiro atoms. The van der Waals surface area contributed by atoms with Gasteiger partial charge in [0.25, 0.3) is 0 Å². The molecule has 0 unspecified atom stereocenters. The third-order valence-electron chi connectivity index (χ3n) is 3.16. The second kappa shape index (κ2) is 4.23. The molecule has 1 aliphatic rings. The Balaban J connectivity index is 2.21. The Labute approximate surface area is 81.1 Å². The third kappa shape index (κ3) is 3.11. The molecule has 2 nitrogen and oxygen atoms in total. The lowest BCUT2D eigenvalue weighted by atomic mass is 9.67. The van der Waals surface area contributed by atoms with Crippen molar-refractivity contribution in [3.8, 4) is 0 Å². The van der Waals surface area contributed by atoms with E-state index >= 15 is 0 Å². The molecule has 0 aromatic carbocycles. The second-order valence-electron chi connectivity index (χ2n) is 4.92. The van der Waals surface area contributed by atoms with Gasteiger partial charge in [-0.1, -0.05) is 20.3 Å². The van der Waals surface area contributed by atoms with Crippen molar-refractivity contribution in [3.05, 3.63) is 0 Å². The lowest BCUT2D eigenvalue weighted by Crippen LogP contribution is -2.40. The largest absolute Gasteiger partial charge is 0.309 e. The van der Waals surface area contributed by atoms with E-state index in [2.05, 4.69) is 19.2 Å². The number of hydrogen-bond donors (Lipinski definition) is 1. The molecule has 1 rings (SSSR count). The maximum absolute atomic E-state index is 10.7. The summed E-state index contributed by atoms with van der Waals surface area (Å²) in [5, 5.41) is 3.22. The Bertz CT molecular complexity index is 183. The van der Waals surface area contributed by atoms with Gasteiger partial charge < -0.3 is 5.32 Å². The van der Waals surface area contributed by atoms with Gasteiger partial charge in [-0.3, -0.25) is 4.79 Å². The van der Waals surface area contributed by atoms with Crippen LogP contribution < -0.4 is 5.32 Å². The molecule has 0 amide bonds. The van der Waals surface area contributed by atoms with Gasteiger partial charge in [0.15, 0.2) is 0 Å². The van der Waals surface area contributed by atoms with Crippen LogP contribution in [0.2, 0.25) is 0 Å². The number of Topliss-reactive ketones (excluding diaryl/α,β-unsaturated/α-hetero) is 1. The SMILES string of the molecule is CC(=O)CNCC(C)(C)C1CCC1. The molecule has 0 aromatic rings. The molecule has 76 valence electrons. The Hall–Kier alpha value is -0.370. The average Bonchev–Trinajstić information content (AvgIpc) is 1.79. The van der Waals surface area contributed by atoms with Crippen LogP contribution in [0.1, 0.15) is 40.0 Å². The van der Waals surface area contributed by atoms with Crippen molar-refractivity contribution in [2.24, 2.45) is 11.3 Å². The zero-order valence-electron chi connectivity index (χ0n) is 9.02. The molecule has 0 heterocycles. The molecule has 1 aliphatic carbocycles. The number of rotatable bonds is 5. The summed E-state index contributed by atoms with van der Waals surface area (Å²) in [5.41, 5.74) is 0.369. The molecule has 0 radical (unpaired) electrons. The van der Waals surface area contributed by atoms with E-state index in [1.807, 2.05) is 0 Å². The van der Waals surface area contributed by atoms with E-state index in [0.717, 1.165) is 12.5 Å². The first kappa shape index (κ1) is 10.7. The van der Waals surface area contributed by atoms with Gasteiger partial charge in [-0.05, 0) is 31.1 Å². The fraction of sp³-hybridized carbons (Fsp3) is 0.909. The highest BCUT2D eigenvalue weighted by Gasteiger charge is 2.33. The zero-order chi connectivity index (χ0) is 9.90. The second-order valence-corrected chi connectivity index (χ2v) is 4.92. The van der Waals surface area contributed by atoms with Gasteiger partial charge in [0.05, 0.1) is 6.54 Å². The van der Waals surface area contributed by atoms with Gasteiger partial charge in [-0.2, -0.15) is 0 Å². The van der Waals surface area contributed by atoms with Crippen molar-refractivity contribution in [3.63, 3.8) is 0 Å². The van der Waals surface area contributed by atoms with Gasteiger partial charge in [0.1, 0.15) is 5.78 Å². The maximum Gasteiger partial charge on any atom is 0.143 e. The average molecular weight is 183 g/mol. The summed E-state index contributed by atoms with van der Waals surface area (Å²) in [6.45, 7) is 7.71. The highest BCUT2D eigenvalue weighted by atomic mass is 16.1. The fourth-order valence-corrected chi connectivity index (χ4v) is 1.89. The molecule has 1 fully saturated rings. The lowest BCUT2D eigenvalue weighted by molar-refractivity contribution is -0.116. The van der Waals surface area contributed by atoms with Crippen LogP contribution in [0.4, 0.5) is 0 Å². The topological polar surface area (TPSA) is 29.1 Å². The Morgan fingerprint density at radius 1 is 1.46 bits per heavy atom. The fourth-order valence-electron chi connectivity index (χ4n) is 1.89. The van der Waals surface area contributed by atoms with Crippen LogP contribution >= 0.6 is 0 Å². The molecular weight excluding hydrogens is 162 g/mol. The molecule has 0 atom stereocenters. The van der Waals surface area contributed by atoms with E-state index in [0.29, 0.717) is 12.0 Å². The van der Waals surface area contributed by atoms with Crippen LogP contribution in [0.25, 0.3) is 0 Å². The predicted octanol–water partition coefficient (Wildman–Crippen LogP) is 1.99. The molecule has 2 heteroatoms. The van der Waals surface area contributed by atoms with Gasteiger partial charge in [-0.15, -0.1) is 0 Å². The summed E-state index contributed by atoms with van der Waals surface area (Å²) >= 11 is 0. The van der Waals surface area contributed by atoms with Crippen LogP contribution in [-0.2, 0) is 4.79 Å². The summed E-state index contributed by atoms with van der Waals surface area (Å²) in [6, 6.07) is 0. The molecular formula is C11H21NO. The zero-order valence-corrected chi connectivity index (χ0v) is 9.02. The highest BCUT2D eigenvalue weighted by molar-refractivity contribution is 5.77. The first-order valence-corrected chi connectivity index (χ1v) is 5.22. The minimum Gasteiger partial charge on any atom is -0.309 e. The number of ketones is 1. The highest BCUT2D eigenvalue weighted by Crippen LogP contribution is 2.40. The molecule has 0 bridgehead atoms. The quantitative estimate of drug-likeness (QED) is 0.706. The molecule has 0 saturated heterocycles. The summed E-state index contributed by atoms with van der Waals surface area (Å²) in [7, 11) is 0. The molecule has 1 N–H and O–H groups in total. The van der Waals surface area contributed by atoms with Crippen molar-refractivity contribution in [1.29, 1.82) is 0 Å². The van der Waals surface area contributed by atoms with E-state index in [-0.39, 0.29) is 5.78 Å². The number of hydrogen-bond acceptors (Lipinski definition) is 2. The third-order valence-corrected chi connectivity index (χ3v) is 3.16. The van der Waals surface area contributed by atoms with Crippen molar-refractivity contribution in [2.45, 2.75) is 40.0 Å². The van der Waals surface area contributed by atoms with Crippen molar-refractivity contribution < 1.29 is 4.79 Å². The first-order valence-electron chi connectivity index (χ1n) is 5.22. The van der Waals surface area contributed by atoms with Crippen LogP contribution in [0.3, 0.4) is 0 Å². The van der Waals surface area contributed by atoms with E-state index in [9.17, 15) is 4.79 Å². The number of nitrogens with one attached hydrogen (secondary N) is 1. The molecule has 13 heavy (non-hydrogen) atoms. The summed E-state index contributed by atoms with van der Waals surface area (Å²) in [6.07, 6.45) is 4.13. The Morgan fingerprint density at radius 2 is 2.08 bits per heavy atom. The normalized spacial score (nSPS) is 18.4. The van der Waals surface area contributed by atoms with Crippen molar-refractivity contribution >= 4 is 5.78 Å². The standard InChI is InChI=1S/C11H21NO/c1-9(13)7-12-8-11(2,3)10-5-4-6-10/h10,12H,4-8H2,1-3H3. The molecule has 0 aromatic heterocycles. The Morgan fingerprint density at radius 3 is 2.46 bits per heavy atom. The van der Waals surface area contributed by atoms with Crippen LogP contribution in [0.5, 0.6) is 0 Å². The van der Waals surface area contributed by atoms with Crippen LogP contribution in [-0.4, -0.2) is 18.9 Å². The Kier molecular flexibility index (Phi) is 3.48. The smallest absolute Gasteiger partial charge is 0.143 e. The minimum absolute atomic E-state index is 0.226. The minimum atomic E-state index is 0.226. The van der Waals surface area contributed by atoms with Gasteiger partial charge >= 0.3 is 0 Å². The van der Waals surface area contributed by atoms with Gasteiger partial charge in [0, 0.05) is 6.54 Å². The van der Waals surface area contributed by atoms with Crippen molar-refractivity contribution in [1.82, 2.24) is 5.32 Å². The van der Waals surface area contributed by atoms with Crippen LogP contribution in [0, 0.1) is 11.3 Å². The molecule has 1 saturated carbocycles. The van der Waals surface area contributed by atoms with E-state index < -0.39 is 0 Å². The first-order chi connectivity index (χ1) is 6.02. The van der Waals surface area contributed by atoms with E-state index in [1.165, 1.54) is 19.3 Å². The number of carbonyl (C=O) groups is 1. The van der Waals surface area contributed by atoms with Crippen LogP contribution in [0.15, 0.2) is 0 Å². The predicted molar refractivity (Wildman–Crippen MR) is 54.7 cm³/mol. The van der Waals surface area contributed by atoms with E-state index in [4.69, 9.17) is 0 Å². The summed E-state index contributed by atoms with van der Waals surface area (Å²) in [4.78, 5) is 10.7. The summed E-state index contributed by atoms with van der Waals surface area (Å²) in [5.74, 6) is 1.09. The van der Waals surface area contributed by atoms with Gasteiger partial charge in [0.2, 0.25) is 0 Å². The monoisotopic (exact) mass is 183 g/mol. The van der Waals surface area contributed by atoms with Crippen molar-refractivity contribution in [2.75, 3.05) is 13.1 Å². The lowest BCUT2D eigenvalue weighted by Gasteiger charge is -2.40. The van der Waals surface area contributed by atoms with E-state index in [1.54, 1.807) is 6.92 Å².